The third-order valence-corrected chi connectivity index (χ3v) is 4.57. The second-order valence-electron chi connectivity index (χ2n) is 6.19. The number of nitrogens with one attached hydrogen (secondary N) is 1. The fourth-order valence-electron chi connectivity index (χ4n) is 2.49. The van der Waals surface area contributed by atoms with Crippen molar-refractivity contribution in [3.8, 4) is 5.75 Å². The van der Waals surface area contributed by atoms with Crippen LogP contribution in [0.4, 0.5) is 0 Å². The van der Waals surface area contributed by atoms with E-state index in [1.165, 1.54) is 6.21 Å². The number of nitrogens with zero attached hydrogens (tertiary/aromatic N) is 3. The van der Waals surface area contributed by atoms with E-state index >= 15 is 0 Å². The van der Waals surface area contributed by atoms with Crippen molar-refractivity contribution in [1.82, 2.24) is 14.9 Å². The highest BCUT2D eigenvalue weighted by atomic mass is 35.5. The molecular weight excluding hydrogens is 428 g/mol. The summed E-state index contributed by atoms with van der Waals surface area (Å²) in [6.45, 7) is 0.384. The Morgan fingerprint density at radius 3 is 2.77 bits per heavy atom. The normalized spacial score (nSPS) is 11.0. The molecule has 30 heavy (non-hydrogen) atoms. The van der Waals surface area contributed by atoms with Gasteiger partial charge in [-0.25, -0.2) is 0 Å². The van der Waals surface area contributed by atoms with Gasteiger partial charge in [0.1, 0.15) is 18.1 Å². The van der Waals surface area contributed by atoms with E-state index in [4.69, 9.17) is 33.7 Å². The quantitative estimate of drug-likeness (QED) is 0.407. The molecule has 154 valence electrons. The van der Waals surface area contributed by atoms with Crippen molar-refractivity contribution in [2.24, 2.45) is 5.10 Å². The van der Waals surface area contributed by atoms with E-state index in [2.05, 4.69) is 15.3 Å². The molecular formula is C20H17ClN4O4S. The number of aromatic nitrogens is 3. The van der Waals surface area contributed by atoms with Crippen molar-refractivity contribution in [2.75, 3.05) is 0 Å². The first kappa shape index (κ1) is 21.4. The number of carboxylic acid groups (broad SMARTS) is 1. The Bertz CT molecular complexity index is 1190. The first-order valence-electron chi connectivity index (χ1n) is 8.87. The summed E-state index contributed by atoms with van der Waals surface area (Å²) in [7, 11) is 0. The number of benzene rings is 2. The van der Waals surface area contributed by atoms with E-state index in [0.717, 1.165) is 10.2 Å². The Balaban J connectivity index is 1.75. The van der Waals surface area contributed by atoms with E-state index in [0.29, 0.717) is 22.9 Å². The number of carbonyl (C=O) groups is 1. The van der Waals surface area contributed by atoms with Gasteiger partial charge in [-0.3, -0.25) is 14.7 Å². The summed E-state index contributed by atoms with van der Waals surface area (Å²) in [4.78, 5) is 23.1. The second kappa shape index (κ2) is 9.95. The Labute approximate surface area is 181 Å². The van der Waals surface area contributed by atoms with Crippen LogP contribution in [-0.2, 0) is 17.8 Å². The number of aliphatic carboxylic acids is 1. The molecule has 0 radical (unpaired) electrons. The molecule has 3 aromatic rings. The van der Waals surface area contributed by atoms with Crippen LogP contribution in [-0.4, -0.2) is 32.2 Å². The molecule has 0 fully saturated rings. The lowest BCUT2D eigenvalue weighted by molar-refractivity contribution is -0.136. The Hall–Kier alpha value is -3.30. The summed E-state index contributed by atoms with van der Waals surface area (Å²) >= 11 is 11.3. The summed E-state index contributed by atoms with van der Waals surface area (Å²) in [5, 5.41) is 19.5. The molecule has 0 unspecified atom stereocenters. The van der Waals surface area contributed by atoms with Crippen LogP contribution in [0.15, 0.2) is 58.4 Å². The molecule has 0 bridgehead atoms. The number of aromatic amines is 1. The molecule has 2 N–H and O–H groups in total. The topological polar surface area (TPSA) is 110 Å². The Morgan fingerprint density at radius 2 is 2.07 bits per heavy atom. The van der Waals surface area contributed by atoms with Crippen LogP contribution in [0.2, 0.25) is 5.02 Å². The predicted molar refractivity (Wildman–Crippen MR) is 115 cm³/mol. The molecule has 10 heteroatoms. The fourth-order valence-corrected chi connectivity index (χ4v) is 2.91. The maximum atomic E-state index is 12.4. The minimum atomic E-state index is -1.03. The molecule has 2 aromatic carbocycles. The number of ether oxygens (including phenoxy) is 1. The smallest absolute Gasteiger partial charge is 0.303 e. The average molecular weight is 445 g/mol. The Morgan fingerprint density at radius 1 is 1.30 bits per heavy atom. The zero-order valence-corrected chi connectivity index (χ0v) is 17.2. The summed E-state index contributed by atoms with van der Waals surface area (Å²) in [6.07, 6.45) is 1.16. The molecule has 0 aliphatic carbocycles. The lowest BCUT2D eigenvalue weighted by atomic mass is 10.2. The first-order valence-corrected chi connectivity index (χ1v) is 9.65. The Kier molecular flexibility index (Phi) is 7.10. The van der Waals surface area contributed by atoms with Gasteiger partial charge in [0.2, 0.25) is 4.77 Å². The van der Waals surface area contributed by atoms with Gasteiger partial charge in [0.05, 0.1) is 17.7 Å². The lowest BCUT2D eigenvalue weighted by Gasteiger charge is -2.08. The van der Waals surface area contributed by atoms with Gasteiger partial charge in [-0.2, -0.15) is 14.9 Å². The summed E-state index contributed by atoms with van der Waals surface area (Å²) in [5.41, 5.74) is 1.09. The number of hydrogen-bond acceptors (Lipinski definition) is 6. The third-order valence-electron chi connectivity index (χ3n) is 4.01. The van der Waals surface area contributed by atoms with Gasteiger partial charge in [-0.05, 0) is 41.5 Å². The molecule has 0 saturated carbocycles. The van der Waals surface area contributed by atoms with Crippen molar-refractivity contribution >= 4 is 36.0 Å². The molecule has 3 rings (SSSR count). The molecule has 0 spiro atoms. The van der Waals surface area contributed by atoms with E-state index in [1.54, 1.807) is 18.2 Å². The van der Waals surface area contributed by atoms with Crippen LogP contribution in [0.1, 0.15) is 23.2 Å². The zero-order chi connectivity index (χ0) is 21.5. The van der Waals surface area contributed by atoms with Gasteiger partial charge in [0, 0.05) is 6.42 Å². The number of aryl methyl sites for hydroxylation is 1. The van der Waals surface area contributed by atoms with Crippen molar-refractivity contribution in [2.45, 2.75) is 19.4 Å². The van der Waals surface area contributed by atoms with Gasteiger partial charge in [0.15, 0.2) is 0 Å². The van der Waals surface area contributed by atoms with E-state index in [-0.39, 0.29) is 23.3 Å². The SMILES string of the molecule is O=C(O)CCc1n[nH]c(=S)n(/N=C\c2ccc(OCc3ccccc3)c(Cl)c2)c1=O. The van der Waals surface area contributed by atoms with E-state index < -0.39 is 11.5 Å². The van der Waals surface area contributed by atoms with Gasteiger partial charge in [-0.15, -0.1) is 0 Å². The molecule has 0 atom stereocenters. The molecule has 0 saturated heterocycles. The molecule has 0 aliphatic heterocycles. The van der Waals surface area contributed by atoms with Crippen LogP contribution in [0.5, 0.6) is 5.75 Å². The maximum Gasteiger partial charge on any atom is 0.303 e. The molecule has 0 amide bonds. The monoisotopic (exact) mass is 444 g/mol. The zero-order valence-electron chi connectivity index (χ0n) is 15.6. The highest BCUT2D eigenvalue weighted by molar-refractivity contribution is 7.71. The van der Waals surface area contributed by atoms with E-state index in [1.807, 2.05) is 30.3 Å². The minimum absolute atomic E-state index is 0.00997. The van der Waals surface area contributed by atoms with Gasteiger partial charge < -0.3 is 9.84 Å². The van der Waals surface area contributed by atoms with Crippen molar-refractivity contribution in [1.29, 1.82) is 0 Å². The molecule has 0 aliphatic rings. The number of hydrogen-bond donors (Lipinski definition) is 2. The van der Waals surface area contributed by atoms with Crippen LogP contribution in [0, 0.1) is 4.77 Å². The first-order chi connectivity index (χ1) is 14.4. The maximum absolute atomic E-state index is 12.4. The largest absolute Gasteiger partial charge is 0.487 e. The number of rotatable bonds is 8. The summed E-state index contributed by atoms with van der Waals surface area (Å²) < 4.78 is 6.67. The van der Waals surface area contributed by atoms with Crippen LogP contribution in [0.3, 0.4) is 0 Å². The summed E-state index contributed by atoms with van der Waals surface area (Å²) in [5.74, 6) is -0.509. The van der Waals surface area contributed by atoms with Gasteiger partial charge in [0.25, 0.3) is 5.56 Å². The molecule has 8 nitrogen and oxygen atoms in total. The number of halogens is 1. The average Bonchev–Trinajstić information content (AvgIpc) is 2.73. The fraction of sp³-hybridized carbons (Fsp3) is 0.150. The minimum Gasteiger partial charge on any atom is -0.487 e. The van der Waals surface area contributed by atoms with Crippen molar-refractivity contribution < 1.29 is 14.6 Å². The highest BCUT2D eigenvalue weighted by Gasteiger charge is 2.09. The van der Waals surface area contributed by atoms with Crippen LogP contribution < -0.4 is 10.3 Å². The van der Waals surface area contributed by atoms with Gasteiger partial charge >= 0.3 is 5.97 Å². The molecule has 1 aromatic heterocycles. The number of carboxylic acids is 1. The highest BCUT2D eigenvalue weighted by Crippen LogP contribution is 2.25. The molecule has 1 heterocycles. The summed E-state index contributed by atoms with van der Waals surface area (Å²) in [6, 6.07) is 14.8. The van der Waals surface area contributed by atoms with Crippen LogP contribution in [0.25, 0.3) is 0 Å². The van der Waals surface area contributed by atoms with Crippen LogP contribution >= 0.6 is 23.8 Å². The number of H-pyrrole nitrogens is 1. The lowest BCUT2D eigenvalue weighted by Crippen LogP contribution is -2.25. The standard InChI is InChI=1S/C20H17ClN4O4S/c21-15-10-14(6-8-17(15)29-12-13-4-2-1-3-5-13)11-22-25-19(28)16(7-9-18(26)27)23-24-20(25)30/h1-6,8,10-11H,7,9,12H2,(H,24,30)(H,26,27)/b22-11-. The van der Waals surface area contributed by atoms with Crippen molar-refractivity contribution in [3.63, 3.8) is 0 Å². The predicted octanol–water partition coefficient (Wildman–Crippen LogP) is 3.43. The van der Waals surface area contributed by atoms with Crippen molar-refractivity contribution in [3.05, 3.63) is 85.5 Å². The third kappa shape index (κ3) is 5.62. The van der Waals surface area contributed by atoms with E-state index in [9.17, 15) is 9.59 Å². The second-order valence-corrected chi connectivity index (χ2v) is 6.99. The van der Waals surface area contributed by atoms with Gasteiger partial charge in [-0.1, -0.05) is 41.9 Å².